The van der Waals surface area contributed by atoms with Gasteiger partial charge in [-0.15, -0.1) is 0 Å². The lowest BCUT2D eigenvalue weighted by Gasteiger charge is -2.12. The minimum atomic E-state index is -0.449. The summed E-state index contributed by atoms with van der Waals surface area (Å²) in [6.45, 7) is 0. The van der Waals surface area contributed by atoms with E-state index >= 15 is 0 Å². The molecule has 4 nitrogen and oxygen atoms in total. The van der Waals surface area contributed by atoms with E-state index in [4.69, 9.17) is 39.5 Å². The maximum Gasteiger partial charge on any atom is 0.298 e. The first kappa shape index (κ1) is 18.1. The number of hydrogen-bond acceptors (Lipinski definition) is 4. The van der Waals surface area contributed by atoms with Crippen molar-refractivity contribution in [3.63, 3.8) is 0 Å². The Hall–Kier alpha value is -1.66. The van der Waals surface area contributed by atoms with Gasteiger partial charge in [0.15, 0.2) is 0 Å². The van der Waals surface area contributed by atoms with Gasteiger partial charge in [0.25, 0.3) is 11.1 Å². The molecule has 2 aromatic carbocycles. The second-order valence-corrected chi connectivity index (χ2v) is 7.28. The van der Waals surface area contributed by atoms with E-state index in [1.54, 1.807) is 30.3 Å². The Morgan fingerprint density at radius 3 is 2.52 bits per heavy atom. The van der Waals surface area contributed by atoms with Crippen LogP contribution in [0.1, 0.15) is 5.56 Å². The molecule has 1 saturated heterocycles. The minimum Gasteiger partial charge on any atom is -0.495 e. The van der Waals surface area contributed by atoms with E-state index < -0.39 is 11.1 Å². The van der Waals surface area contributed by atoms with E-state index in [0.717, 1.165) is 16.7 Å². The molecule has 3 rings (SSSR count). The summed E-state index contributed by atoms with van der Waals surface area (Å²) in [6.07, 6.45) is 1.53. The van der Waals surface area contributed by atoms with Crippen molar-refractivity contribution in [2.24, 2.45) is 0 Å². The van der Waals surface area contributed by atoms with Crippen LogP contribution >= 0.6 is 46.6 Å². The number of carbonyl (C=O) groups excluding carboxylic acids is 2. The van der Waals surface area contributed by atoms with Crippen LogP contribution in [-0.4, -0.2) is 18.3 Å². The predicted octanol–water partition coefficient (Wildman–Crippen LogP) is 5.90. The first-order chi connectivity index (χ1) is 11.9. The average molecular weight is 415 g/mol. The highest BCUT2D eigenvalue weighted by Gasteiger charge is 2.36. The summed E-state index contributed by atoms with van der Waals surface area (Å²) in [7, 11) is 1.46. The number of anilines is 1. The molecule has 1 aliphatic rings. The van der Waals surface area contributed by atoms with Crippen LogP contribution in [0.3, 0.4) is 0 Å². The third kappa shape index (κ3) is 3.65. The summed E-state index contributed by atoms with van der Waals surface area (Å²) < 4.78 is 5.26. The van der Waals surface area contributed by atoms with Gasteiger partial charge < -0.3 is 4.74 Å². The van der Waals surface area contributed by atoms with Crippen LogP contribution in [0.4, 0.5) is 10.5 Å². The van der Waals surface area contributed by atoms with Crippen LogP contribution in [0.25, 0.3) is 6.08 Å². The Labute approximate surface area is 163 Å². The normalized spacial score (nSPS) is 16.0. The number of amides is 2. The smallest absolute Gasteiger partial charge is 0.298 e. The standard InChI is InChI=1S/C17H10Cl3NO3S/c1-24-15-9(5-11(19)8-13(15)20)6-14-16(22)21(17(23)25-14)12-4-2-3-10(18)7-12/h2-8H,1H3/b14-6-. The molecule has 0 aromatic heterocycles. The van der Waals surface area contributed by atoms with Crippen LogP contribution in [0.5, 0.6) is 5.75 Å². The number of hydrogen-bond donors (Lipinski definition) is 0. The molecular weight excluding hydrogens is 405 g/mol. The van der Waals surface area contributed by atoms with Crippen LogP contribution in [0.2, 0.25) is 15.1 Å². The van der Waals surface area contributed by atoms with Gasteiger partial charge >= 0.3 is 0 Å². The van der Waals surface area contributed by atoms with E-state index in [1.165, 1.54) is 19.3 Å². The second kappa shape index (κ2) is 7.30. The van der Waals surface area contributed by atoms with E-state index in [1.807, 2.05) is 0 Å². The third-order valence-corrected chi connectivity index (χ3v) is 4.99. The summed E-state index contributed by atoms with van der Waals surface area (Å²) in [5.74, 6) is -0.0731. The van der Waals surface area contributed by atoms with Crippen LogP contribution < -0.4 is 9.64 Å². The van der Waals surface area contributed by atoms with Gasteiger partial charge in [-0.25, -0.2) is 4.90 Å². The molecule has 0 unspecified atom stereocenters. The van der Waals surface area contributed by atoms with Crippen molar-refractivity contribution in [1.29, 1.82) is 0 Å². The molecule has 0 radical (unpaired) electrons. The minimum absolute atomic E-state index is 0.238. The molecule has 0 aliphatic carbocycles. The van der Waals surface area contributed by atoms with Gasteiger partial charge in [-0.1, -0.05) is 40.9 Å². The van der Waals surface area contributed by atoms with Crippen molar-refractivity contribution < 1.29 is 14.3 Å². The van der Waals surface area contributed by atoms with Crippen molar-refractivity contribution in [3.8, 4) is 5.75 Å². The molecule has 25 heavy (non-hydrogen) atoms. The summed E-state index contributed by atoms with van der Waals surface area (Å²) in [4.78, 5) is 26.3. The van der Waals surface area contributed by atoms with Gasteiger partial charge in [0.2, 0.25) is 0 Å². The maximum absolute atomic E-state index is 12.7. The highest BCUT2D eigenvalue weighted by atomic mass is 35.5. The number of thioether (sulfide) groups is 1. The number of methoxy groups -OCH3 is 1. The predicted molar refractivity (Wildman–Crippen MR) is 103 cm³/mol. The number of imide groups is 1. The first-order valence-electron chi connectivity index (χ1n) is 6.97. The van der Waals surface area contributed by atoms with E-state index in [0.29, 0.717) is 32.1 Å². The Kier molecular flexibility index (Phi) is 5.29. The summed E-state index contributed by atoms with van der Waals surface area (Å²) in [5.41, 5.74) is 0.922. The molecule has 2 aromatic rings. The average Bonchev–Trinajstić information content (AvgIpc) is 2.81. The Balaban J connectivity index is 2.02. The zero-order valence-corrected chi connectivity index (χ0v) is 15.8. The second-order valence-electron chi connectivity index (χ2n) is 5.01. The monoisotopic (exact) mass is 413 g/mol. The maximum atomic E-state index is 12.7. The highest BCUT2D eigenvalue weighted by molar-refractivity contribution is 8.19. The molecule has 1 heterocycles. The van der Waals surface area contributed by atoms with Gasteiger partial charge in [-0.05, 0) is 48.2 Å². The Bertz CT molecular complexity index is 914. The first-order valence-corrected chi connectivity index (χ1v) is 8.92. The van der Waals surface area contributed by atoms with E-state index in [-0.39, 0.29) is 4.91 Å². The summed E-state index contributed by atoms with van der Waals surface area (Å²) in [5, 5.41) is 0.732. The van der Waals surface area contributed by atoms with Gasteiger partial charge in [0, 0.05) is 15.6 Å². The Morgan fingerprint density at radius 2 is 1.84 bits per heavy atom. The fourth-order valence-corrected chi connectivity index (χ4v) is 3.95. The van der Waals surface area contributed by atoms with Gasteiger partial charge in [0.05, 0.1) is 22.7 Å². The summed E-state index contributed by atoms with van der Waals surface area (Å²) in [6, 6.07) is 9.68. The SMILES string of the molecule is COc1c(Cl)cc(Cl)cc1/C=C1\SC(=O)N(c2cccc(Cl)c2)C1=O. The molecule has 0 atom stereocenters. The molecule has 8 heteroatoms. The largest absolute Gasteiger partial charge is 0.495 e. The number of carbonyl (C=O) groups is 2. The number of halogens is 3. The molecule has 0 spiro atoms. The lowest BCUT2D eigenvalue weighted by molar-refractivity contribution is -0.113. The summed E-state index contributed by atoms with van der Waals surface area (Å²) >= 11 is 18.9. The lowest BCUT2D eigenvalue weighted by atomic mass is 10.1. The zero-order valence-electron chi connectivity index (χ0n) is 12.8. The van der Waals surface area contributed by atoms with Gasteiger partial charge in [-0.2, -0.15) is 0 Å². The molecule has 0 N–H and O–H groups in total. The number of ether oxygens (including phenoxy) is 1. The van der Waals surface area contributed by atoms with Crippen molar-refractivity contribution in [2.45, 2.75) is 0 Å². The molecule has 128 valence electrons. The van der Waals surface area contributed by atoms with Crippen LogP contribution in [0, 0.1) is 0 Å². The van der Waals surface area contributed by atoms with Crippen LogP contribution in [0.15, 0.2) is 41.3 Å². The molecular formula is C17H10Cl3NO3S. The number of benzene rings is 2. The fraction of sp³-hybridized carbons (Fsp3) is 0.0588. The number of nitrogens with zero attached hydrogens (tertiary/aromatic N) is 1. The topological polar surface area (TPSA) is 46.6 Å². The van der Waals surface area contributed by atoms with E-state index in [9.17, 15) is 9.59 Å². The molecule has 0 saturated carbocycles. The van der Waals surface area contributed by atoms with Crippen molar-refractivity contribution in [1.82, 2.24) is 0 Å². The zero-order chi connectivity index (χ0) is 18.1. The van der Waals surface area contributed by atoms with Gasteiger partial charge in [-0.3, -0.25) is 9.59 Å². The lowest BCUT2D eigenvalue weighted by Crippen LogP contribution is -2.27. The van der Waals surface area contributed by atoms with Crippen molar-refractivity contribution in [2.75, 3.05) is 12.0 Å². The van der Waals surface area contributed by atoms with E-state index in [2.05, 4.69) is 0 Å². The van der Waals surface area contributed by atoms with Crippen LogP contribution in [-0.2, 0) is 4.79 Å². The van der Waals surface area contributed by atoms with Crippen molar-refractivity contribution >= 4 is 69.5 Å². The third-order valence-electron chi connectivity index (χ3n) is 3.39. The van der Waals surface area contributed by atoms with Crippen molar-refractivity contribution in [3.05, 3.63) is 61.9 Å². The fourth-order valence-electron chi connectivity index (χ4n) is 2.35. The molecule has 0 bridgehead atoms. The quantitative estimate of drug-likeness (QED) is 0.587. The Morgan fingerprint density at radius 1 is 1.08 bits per heavy atom. The molecule has 1 aliphatic heterocycles. The number of rotatable bonds is 3. The molecule has 1 fully saturated rings. The van der Waals surface area contributed by atoms with Gasteiger partial charge in [0.1, 0.15) is 5.75 Å². The highest BCUT2D eigenvalue weighted by Crippen LogP contribution is 2.39. The molecule has 2 amide bonds.